The first kappa shape index (κ1) is 15.8. The minimum absolute atomic E-state index is 0.407. The molecule has 1 aromatic heterocycles. The van der Waals surface area contributed by atoms with Crippen LogP contribution in [0.25, 0.3) is 11.0 Å². The van der Waals surface area contributed by atoms with Crippen molar-refractivity contribution in [1.29, 1.82) is 0 Å². The van der Waals surface area contributed by atoms with Crippen LogP contribution in [0.3, 0.4) is 0 Å². The van der Waals surface area contributed by atoms with E-state index in [2.05, 4.69) is 36.4 Å². The number of benzene rings is 1. The van der Waals surface area contributed by atoms with E-state index in [1.165, 1.54) is 0 Å². The molecule has 1 aromatic carbocycles. The van der Waals surface area contributed by atoms with Crippen molar-refractivity contribution in [1.82, 2.24) is 14.5 Å². The molecule has 1 heterocycles. The van der Waals surface area contributed by atoms with Crippen LogP contribution in [-0.2, 0) is 17.2 Å². The van der Waals surface area contributed by atoms with Gasteiger partial charge in [0.2, 0.25) is 0 Å². The number of aromatic nitrogens is 2. The molecular formula is C14H19BrClN3O. The summed E-state index contributed by atoms with van der Waals surface area (Å²) in [5, 5.41) is 0. The first-order valence-electron chi connectivity index (χ1n) is 6.55. The van der Waals surface area contributed by atoms with E-state index in [9.17, 15) is 0 Å². The number of hydrogen-bond acceptors (Lipinski definition) is 3. The highest BCUT2D eigenvalue weighted by atomic mass is 79.9. The molecule has 0 spiro atoms. The van der Waals surface area contributed by atoms with Crippen molar-refractivity contribution in [3.05, 3.63) is 28.5 Å². The molecule has 20 heavy (non-hydrogen) atoms. The number of alkyl halides is 1. The second-order valence-electron chi connectivity index (χ2n) is 4.86. The Hall–Kier alpha value is -0.620. The van der Waals surface area contributed by atoms with Crippen LogP contribution in [-0.4, -0.2) is 48.3 Å². The van der Waals surface area contributed by atoms with Crippen LogP contribution in [0.2, 0.25) is 0 Å². The Morgan fingerprint density at radius 2 is 2.15 bits per heavy atom. The van der Waals surface area contributed by atoms with Gasteiger partial charge in [0, 0.05) is 17.6 Å². The van der Waals surface area contributed by atoms with Gasteiger partial charge in [-0.05, 0) is 32.3 Å². The molecule has 0 saturated heterocycles. The van der Waals surface area contributed by atoms with Crippen molar-refractivity contribution in [2.45, 2.75) is 12.4 Å². The molecule has 0 aliphatic heterocycles. The molecular weight excluding hydrogens is 342 g/mol. The van der Waals surface area contributed by atoms with Gasteiger partial charge in [0.1, 0.15) is 5.82 Å². The van der Waals surface area contributed by atoms with Crippen LogP contribution in [0.1, 0.15) is 5.82 Å². The van der Waals surface area contributed by atoms with Crippen LogP contribution >= 0.6 is 27.5 Å². The second-order valence-corrected chi connectivity index (χ2v) is 6.04. The minimum atomic E-state index is 0.407. The zero-order chi connectivity index (χ0) is 14.5. The minimum Gasteiger partial charge on any atom is -0.378 e. The van der Waals surface area contributed by atoms with Crippen molar-refractivity contribution in [3.8, 4) is 0 Å². The molecule has 0 radical (unpaired) electrons. The van der Waals surface area contributed by atoms with Crippen LogP contribution < -0.4 is 0 Å². The molecule has 0 saturated carbocycles. The third-order valence-corrected chi connectivity index (χ3v) is 3.78. The third kappa shape index (κ3) is 3.95. The summed E-state index contributed by atoms with van der Waals surface area (Å²) in [5.74, 6) is 1.29. The van der Waals surface area contributed by atoms with Gasteiger partial charge in [-0.25, -0.2) is 4.98 Å². The Bertz CT molecular complexity index is 571. The fraction of sp³-hybridized carbons (Fsp3) is 0.500. The normalized spacial score (nSPS) is 11.7. The van der Waals surface area contributed by atoms with E-state index in [0.717, 1.165) is 41.0 Å². The van der Waals surface area contributed by atoms with E-state index in [4.69, 9.17) is 16.3 Å². The van der Waals surface area contributed by atoms with Crippen LogP contribution in [0.5, 0.6) is 0 Å². The molecule has 2 rings (SSSR count). The van der Waals surface area contributed by atoms with E-state index in [1.807, 2.05) is 26.2 Å². The Morgan fingerprint density at radius 3 is 2.85 bits per heavy atom. The van der Waals surface area contributed by atoms with Crippen LogP contribution in [0.4, 0.5) is 0 Å². The maximum atomic E-state index is 5.98. The predicted octanol–water partition coefficient (Wildman–Crippen LogP) is 3.12. The molecule has 110 valence electrons. The summed E-state index contributed by atoms with van der Waals surface area (Å²) < 4.78 is 8.82. The van der Waals surface area contributed by atoms with Gasteiger partial charge in [0.05, 0.1) is 30.1 Å². The Kier molecular flexibility index (Phi) is 5.84. The third-order valence-electron chi connectivity index (χ3n) is 3.05. The molecule has 0 N–H and O–H groups in total. The highest BCUT2D eigenvalue weighted by molar-refractivity contribution is 9.10. The number of halogens is 2. The van der Waals surface area contributed by atoms with Gasteiger partial charge in [-0.2, -0.15) is 0 Å². The maximum absolute atomic E-state index is 5.98. The number of hydrogen-bond donors (Lipinski definition) is 0. The lowest BCUT2D eigenvalue weighted by Crippen LogP contribution is -2.19. The summed E-state index contributed by atoms with van der Waals surface area (Å²) in [6.07, 6.45) is 0. The quantitative estimate of drug-likeness (QED) is 0.561. The van der Waals surface area contributed by atoms with E-state index in [0.29, 0.717) is 12.5 Å². The summed E-state index contributed by atoms with van der Waals surface area (Å²) >= 11 is 9.48. The Labute approximate surface area is 132 Å². The van der Waals surface area contributed by atoms with E-state index >= 15 is 0 Å². The standard InChI is InChI=1S/C14H19BrClN3O/c1-18(2)5-7-20-8-6-19-13-9-11(15)3-4-12(13)17-14(19)10-16/h3-4,9H,5-8,10H2,1-2H3. The van der Waals surface area contributed by atoms with Crippen molar-refractivity contribution in [3.63, 3.8) is 0 Å². The number of ether oxygens (including phenoxy) is 1. The van der Waals surface area contributed by atoms with Crippen LogP contribution in [0, 0.1) is 0 Å². The van der Waals surface area contributed by atoms with Crippen LogP contribution in [0.15, 0.2) is 22.7 Å². The van der Waals surface area contributed by atoms with E-state index < -0.39 is 0 Å². The predicted molar refractivity (Wildman–Crippen MR) is 86.4 cm³/mol. The zero-order valence-electron chi connectivity index (χ0n) is 11.8. The summed E-state index contributed by atoms with van der Waals surface area (Å²) in [6.45, 7) is 3.09. The summed E-state index contributed by atoms with van der Waals surface area (Å²) in [7, 11) is 4.08. The first-order valence-corrected chi connectivity index (χ1v) is 7.87. The molecule has 2 aromatic rings. The van der Waals surface area contributed by atoms with Gasteiger partial charge in [-0.15, -0.1) is 11.6 Å². The average Bonchev–Trinajstić information content (AvgIpc) is 2.75. The van der Waals surface area contributed by atoms with Gasteiger partial charge in [0.15, 0.2) is 0 Å². The number of imidazole rings is 1. The van der Waals surface area contributed by atoms with Crippen molar-refractivity contribution in [2.24, 2.45) is 0 Å². The van der Waals surface area contributed by atoms with Gasteiger partial charge in [0.25, 0.3) is 0 Å². The summed E-state index contributed by atoms with van der Waals surface area (Å²) in [5.41, 5.74) is 2.06. The number of rotatable bonds is 7. The zero-order valence-corrected chi connectivity index (χ0v) is 14.1. The van der Waals surface area contributed by atoms with Crippen molar-refractivity contribution < 1.29 is 4.74 Å². The monoisotopic (exact) mass is 359 g/mol. The Morgan fingerprint density at radius 1 is 1.35 bits per heavy atom. The highest BCUT2D eigenvalue weighted by Gasteiger charge is 2.10. The smallest absolute Gasteiger partial charge is 0.124 e. The van der Waals surface area contributed by atoms with Gasteiger partial charge >= 0.3 is 0 Å². The fourth-order valence-corrected chi connectivity index (χ4v) is 2.56. The molecule has 4 nitrogen and oxygen atoms in total. The summed E-state index contributed by atoms with van der Waals surface area (Å²) in [6, 6.07) is 6.06. The lowest BCUT2D eigenvalue weighted by atomic mass is 10.3. The first-order chi connectivity index (χ1) is 9.61. The van der Waals surface area contributed by atoms with E-state index in [1.54, 1.807) is 0 Å². The molecule has 0 fully saturated rings. The molecule has 0 aliphatic carbocycles. The second kappa shape index (κ2) is 7.41. The number of fused-ring (bicyclic) bond motifs is 1. The number of likely N-dealkylation sites (N-methyl/N-ethyl adjacent to an activating group) is 1. The molecule has 6 heteroatoms. The van der Waals surface area contributed by atoms with Crippen molar-refractivity contribution in [2.75, 3.05) is 33.9 Å². The molecule has 0 amide bonds. The molecule has 0 bridgehead atoms. The fourth-order valence-electron chi connectivity index (χ4n) is 2.00. The van der Waals surface area contributed by atoms with Gasteiger partial charge < -0.3 is 14.2 Å². The maximum Gasteiger partial charge on any atom is 0.124 e. The molecule has 0 unspecified atom stereocenters. The highest BCUT2D eigenvalue weighted by Crippen LogP contribution is 2.21. The van der Waals surface area contributed by atoms with Gasteiger partial charge in [-0.1, -0.05) is 15.9 Å². The lowest BCUT2D eigenvalue weighted by Gasteiger charge is -2.11. The SMILES string of the molecule is CN(C)CCOCCn1c(CCl)nc2ccc(Br)cc21. The van der Waals surface area contributed by atoms with E-state index in [-0.39, 0.29) is 0 Å². The van der Waals surface area contributed by atoms with Crippen molar-refractivity contribution >= 4 is 38.6 Å². The summed E-state index contributed by atoms with van der Waals surface area (Å²) in [4.78, 5) is 6.65. The average molecular weight is 361 g/mol. The largest absolute Gasteiger partial charge is 0.378 e. The lowest BCUT2D eigenvalue weighted by molar-refractivity contribution is 0.111. The molecule has 0 aliphatic rings. The topological polar surface area (TPSA) is 30.3 Å². The van der Waals surface area contributed by atoms with Gasteiger partial charge in [-0.3, -0.25) is 0 Å². The molecule has 0 atom stereocenters. The number of nitrogens with zero attached hydrogens (tertiary/aromatic N) is 3. The Balaban J connectivity index is 2.06.